The van der Waals surface area contributed by atoms with Gasteiger partial charge in [0.05, 0.1) is 12.2 Å². The molecule has 1 aliphatic rings. The molecule has 0 bridgehead atoms. The summed E-state index contributed by atoms with van der Waals surface area (Å²) in [6, 6.07) is 0. The zero-order valence-corrected chi connectivity index (χ0v) is 8.45. The van der Waals surface area contributed by atoms with Gasteiger partial charge in [0.1, 0.15) is 0 Å². The summed E-state index contributed by atoms with van der Waals surface area (Å²) in [7, 11) is 0. The molecule has 0 aromatic rings. The van der Waals surface area contributed by atoms with Crippen molar-refractivity contribution in [2.24, 2.45) is 0 Å². The minimum absolute atomic E-state index is 0.498. The summed E-state index contributed by atoms with van der Waals surface area (Å²) in [4.78, 5) is 2.24. The maximum Gasteiger partial charge on any atom is 0.0926 e. The lowest BCUT2D eigenvalue weighted by Crippen LogP contribution is -2.46. The summed E-state index contributed by atoms with van der Waals surface area (Å²) >= 11 is 0. The fourth-order valence-corrected chi connectivity index (χ4v) is 1.77. The SMILES string of the molecule is CCCCCN1CCC(O)C(O)C1. The van der Waals surface area contributed by atoms with Crippen LogP contribution in [0.25, 0.3) is 0 Å². The van der Waals surface area contributed by atoms with Gasteiger partial charge in [0.25, 0.3) is 0 Å². The second-order valence-electron chi connectivity index (χ2n) is 3.93. The minimum atomic E-state index is -0.532. The van der Waals surface area contributed by atoms with E-state index in [0.717, 1.165) is 13.1 Å². The number of aliphatic hydroxyl groups excluding tert-OH is 2. The number of nitrogens with zero attached hydrogens (tertiary/aromatic N) is 1. The van der Waals surface area contributed by atoms with Crippen LogP contribution < -0.4 is 0 Å². The average molecular weight is 187 g/mol. The second kappa shape index (κ2) is 5.58. The Morgan fingerprint density at radius 3 is 2.62 bits per heavy atom. The third kappa shape index (κ3) is 3.63. The van der Waals surface area contributed by atoms with Crippen molar-refractivity contribution in [3.05, 3.63) is 0 Å². The lowest BCUT2D eigenvalue weighted by Gasteiger charge is -2.33. The molecule has 13 heavy (non-hydrogen) atoms. The molecule has 0 aliphatic carbocycles. The smallest absolute Gasteiger partial charge is 0.0926 e. The summed E-state index contributed by atoms with van der Waals surface area (Å²) in [6.07, 6.45) is 3.39. The lowest BCUT2D eigenvalue weighted by molar-refractivity contribution is -0.0384. The van der Waals surface area contributed by atoms with Gasteiger partial charge in [0.15, 0.2) is 0 Å². The van der Waals surface area contributed by atoms with Crippen molar-refractivity contribution < 1.29 is 10.2 Å². The van der Waals surface area contributed by atoms with Gasteiger partial charge in [-0.1, -0.05) is 19.8 Å². The van der Waals surface area contributed by atoms with Crippen molar-refractivity contribution in [2.45, 2.75) is 44.8 Å². The Hall–Kier alpha value is -0.120. The molecule has 2 unspecified atom stereocenters. The third-order valence-corrected chi connectivity index (χ3v) is 2.71. The molecule has 0 spiro atoms. The monoisotopic (exact) mass is 187 g/mol. The number of rotatable bonds is 4. The Labute approximate surface area is 80.4 Å². The van der Waals surface area contributed by atoms with E-state index in [2.05, 4.69) is 11.8 Å². The first kappa shape index (κ1) is 11.0. The van der Waals surface area contributed by atoms with E-state index in [1.165, 1.54) is 19.3 Å². The summed E-state index contributed by atoms with van der Waals surface area (Å²) in [5.74, 6) is 0. The molecular weight excluding hydrogens is 166 g/mol. The maximum atomic E-state index is 9.41. The highest BCUT2D eigenvalue weighted by molar-refractivity contribution is 4.78. The molecular formula is C10H21NO2. The number of hydrogen-bond acceptors (Lipinski definition) is 3. The summed E-state index contributed by atoms with van der Waals surface area (Å²) in [5, 5.41) is 18.7. The fourth-order valence-electron chi connectivity index (χ4n) is 1.77. The van der Waals surface area contributed by atoms with E-state index in [-0.39, 0.29) is 0 Å². The van der Waals surface area contributed by atoms with Crippen LogP contribution in [-0.2, 0) is 0 Å². The van der Waals surface area contributed by atoms with E-state index in [4.69, 9.17) is 0 Å². The predicted octanol–water partition coefficient (Wildman–Crippen LogP) is 0.604. The summed E-state index contributed by atoms with van der Waals surface area (Å²) in [6.45, 7) is 4.83. The molecule has 2 N–H and O–H groups in total. The van der Waals surface area contributed by atoms with Crippen molar-refractivity contribution in [1.82, 2.24) is 4.90 Å². The molecule has 0 amide bonds. The molecule has 1 heterocycles. The highest BCUT2D eigenvalue weighted by Crippen LogP contribution is 2.11. The molecule has 78 valence electrons. The fraction of sp³-hybridized carbons (Fsp3) is 1.00. The highest BCUT2D eigenvalue weighted by Gasteiger charge is 2.24. The molecule has 0 aromatic carbocycles. The zero-order valence-electron chi connectivity index (χ0n) is 8.45. The van der Waals surface area contributed by atoms with Gasteiger partial charge in [-0.2, -0.15) is 0 Å². The van der Waals surface area contributed by atoms with Gasteiger partial charge in [-0.3, -0.25) is 0 Å². The van der Waals surface area contributed by atoms with Crippen LogP contribution in [0.15, 0.2) is 0 Å². The summed E-state index contributed by atoms with van der Waals surface area (Å²) < 4.78 is 0. The maximum absolute atomic E-state index is 9.41. The van der Waals surface area contributed by atoms with Crippen LogP contribution in [0.4, 0.5) is 0 Å². The summed E-state index contributed by atoms with van der Waals surface area (Å²) in [5.41, 5.74) is 0. The number of aliphatic hydroxyl groups is 2. The van der Waals surface area contributed by atoms with Crippen molar-refractivity contribution in [1.29, 1.82) is 0 Å². The predicted molar refractivity (Wildman–Crippen MR) is 52.6 cm³/mol. The molecule has 3 nitrogen and oxygen atoms in total. The van der Waals surface area contributed by atoms with E-state index in [0.29, 0.717) is 13.0 Å². The van der Waals surface area contributed by atoms with Gasteiger partial charge < -0.3 is 15.1 Å². The van der Waals surface area contributed by atoms with Crippen LogP contribution in [-0.4, -0.2) is 47.0 Å². The minimum Gasteiger partial charge on any atom is -0.390 e. The van der Waals surface area contributed by atoms with Gasteiger partial charge in [-0.25, -0.2) is 0 Å². The first-order valence-electron chi connectivity index (χ1n) is 5.32. The van der Waals surface area contributed by atoms with Crippen LogP contribution in [0.1, 0.15) is 32.6 Å². The van der Waals surface area contributed by atoms with Crippen molar-refractivity contribution >= 4 is 0 Å². The highest BCUT2D eigenvalue weighted by atomic mass is 16.3. The number of hydrogen-bond donors (Lipinski definition) is 2. The van der Waals surface area contributed by atoms with Crippen molar-refractivity contribution in [3.63, 3.8) is 0 Å². The Balaban J connectivity index is 2.14. The van der Waals surface area contributed by atoms with Crippen LogP contribution in [0.5, 0.6) is 0 Å². The number of piperidine rings is 1. The molecule has 1 aliphatic heterocycles. The van der Waals surface area contributed by atoms with Crippen LogP contribution in [0.2, 0.25) is 0 Å². The number of unbranched alkanes of at least 4 members (excludes halogenated alkanes) is 2. The first-order valence-corrected chi connectivity index (χ1v) is 5.32. The first-order chi connectivity index (χ1) is 6.24. The molecule has 1 saturated heterocycles. The van der Waals surface area contributed by atoms with Gasteiger partial charge in [-0.05, 0) is 19.4 Å². The third-order valence-electron chi connectivity index (χ3n) is 2.71. The van der Waals surface area contributed by atoms with Crippen molar-refractivity contribution in [2.75, 3.05) is 19.6 Å². The quantitative estimate of drug-likeness (QED) is 0.634. The van der Waals surface area contributed by atoms with Gasteiger partial charge >= 0.3 is 0 Å². The van der Waals surface area contributed by atoms with Gasteiger partial charge in [-0.15, -0.1) is 0 Å². The van der Waals surface area contributed by atoms with E-state index in [9.17, 15) is 10.2 Å². The zero-order chi connectivity index (χ0) is 9.68. The normalized spacial score (nSPS) is 30.7. The van der Waals surface area contributed by atoms with E-state index in [1.807, 2.05) is 0 Å². The van der Waals surface area contributed by atoms with Crippen LogP contribution >= 0.6 is 0 Å². The molecule has 0 aromatic heterocycles. The topological polar surface area (TPSA) is 43.7 Å². The standard InChI is InChI=1S/C10H21NO2/c1-2-3-4-6-11-7-5-9(12)10(13)8-11/h9-10,12-13H,2-8H2,1H3. The Morgan fingerprint density at radius 1 is 1.23 bits per heavy atom. The van der Waals surface area contributed by atoms with E-state index >= 15 is 0 Å². The lowest BCUT2D eigenvalue weighted by atomic mass is 10.0. The molecule has 0 saturated carbocycles. The van der Waals surface area contributed by atoms with E-state index < -0.39 is 12.2 Å². The average Bonchev–Trinajstić information content (AvgIpc) is 2.12. The van der Waals surface area contributed by atoms with Crippen LogP contribution in [0.3, 0.4) is 0 Å². The largest absolute Gasteiger partial charge is 0.390 e. The molecule has 3 heteroatoms. The number of β-amino-alcohol motifs (C(OH)–C–C–N with tert-alkyl or cyclic N) is 1. The van der Waals surface area contributed by atoms with Gasteiger partial charge in [0, 0.05) is 13.1 Å². The Bertz CT molecular complexity index is 141. The van der Waals surface area contributed by atoms with Crippen molar-refractivity contribution in [3.8, 4) is 0 Å². The molecule has 0 radical (unpaired) electrons. The Kier molecular flexibility index (Phi) is 4.70. The van der Waals surface area contributed by atoms with Crippen LogP contribution in [0, 0.1) is 0 Å². The van der Waals surface area contributed by atoms with E-state index in [1.54, 1.807) is 0 Å². The second-order valence-corrected chi connectivity index (χ2v) is 3.93. The Morgan fingerprint density at radius 2 is 2.00 bits per heavy atom. The molecule has 2 atom stereocenters. The molecule has 1 fully saturated rings. The molecule has 1 rings (SSSR count). The van der Waals surface area contributed by atoms with Gasteiger partial charge in [0.2, 0.25) is 0 Å². The number of likely N-dealkylation sites (tertiary alicyclic amines) is 1.